The van der Waals surface area contributed by atoms with Crippen LogP contribution < -0.4 is 5.32 Å². The van der Waals surface area contributed by atoms with E-state index >= 15 is 0 Å². The molecule has 1 aliphatic rings. The Morgan fingerprint density at radius 2 is 2.35 bits per heavy atom. The molecule has 108 valence electrons. The Morgan fingerprint density at radius 3 is 2.95 bits per heavy atom. The van der Waals surface area contributed by atoms with Gasteiger partial charge in [-0.3, -0.25) is 10.1 Å². The zero-order valence-electron chi connectivity index (χ0n) is 10.6. The summed E-state index contributed by atoms with van der Waals surface area (Å²) in [7, 11) is 0. The maximum atomic E-state index is 11.0. The number of amides is 1. The molecule has 0 bridgehead atoms. The zero-order valence-corrected chi connectivity index (χ0v) is 12.2. The van der Waals surface area contributed by atoms with Gasteiger partial charge in [0.15, 0.2) is 0 Å². The summed E-state index contributed by atoms with van der Waals surface area (Å²) in [6.45, 7) is 1.26. The molecular weight excluding hydrogens is 330 g/mol. The van der Waals surface area contributed by atoms with E-state index in [0.29, 0.717) is 29.7 Å². The van der Waals surface area contributed by atoms with E-state index in [2.05, 4.69) is 21.2 Å². The van der Waals surface area contributed by atoms with Gasteiger partial charge in [-0.1, -0.05) is 15.9 Å². The first-order valence-corrected chi connectivity index (χ1v) is 6.90. The number of nitrogens with one attached hydrogen (secondary N) is 1. The molecule has 1 fully saturated rings. The van der Waals surface area contributed by atoms with Crippen molar-refractivity contribution in [3.63, 3.8) is 0 Å². The van der Waals surface area contributed by atoms with Gasteiger partial charge in [-0.05, 0) is 18.6 Å². The molecule has 2 N–H and O–H groups in total. The van der Waals surface area contributed by atoms with E-state index in [1.807, 2.05) is 0 Å². The van der Waals surface area contributed by atoms with Crippen molar-refractivity contribution >= 4 is 27.7 Å². The average molecular weight is 344 g/mol. The summed E-state index contributed by atoms with van der Waals surface area (Å²) in [6, 6.07) is 4.95. The van der Waals surface area contributed by atoms with Crippen molar-refractivity contribution in [1.29, 1.82) is 0 Å². The van der Waals surface area contributed by atoms with Crippen LogP contribution in [-0.4, -0.2) is 40.2 Å². The van der Waals surface area contributed by atoms with Gasteiger partial charge in [0, 0.05) is 41.8 Å². The fourth-order valence-corrected chi connectivity index (χ4v) is 2.56. The van der Waals surface area contributed by atoms with Crippen LogP contribution in [0.4, 0.5) is 10.5 Å². The Kier molecular flexibility index (Phi) is 4.56. The molecule has 7 nitrogen and oxygen atoms in total. The Labute approximate surface area is 123 Å². The van der Waals surface area contributed by atoms with Crippen molar-refractivity contribution in [3.8, 4) is 0 Å². The number of nitrogens with zero attached hydrogens (tertiary/aromatic N) is 2. The molecule has 1 unspecified atom stereocenters. The topological polar surface area (TPSA) is 95.7 Å². The van der Waals surface area contributed by atoms with E-state index < -0.39 is 11.0 Å². The predicted octanol–water partition coefficient (Wildman–Crippen LogP) is 2.20. The highest BCUT2D eigenvalue weighted by molar-refractivity contribution is 9.10. The van der Waals surface area contributed by atoms with E-state index in [4.69, 9.17) is 5.11 Å². The molecule has 2 rings (SSSR count). The van der Waals surface area contributed by atoms with Gasteiger partial charge in [-0.15, -0.1) is 0 Å². The summed E-state index contributed by atoms with van der Waals surface area (Å²) in [5.41, 5.74) is 0.645. The highest BCUT2D eigenvalue weighted by Crippen LogP contribution is 2.23. The van der Waals surface area contributed by atoms with Gasteiger partial charge in [0.1, 0.15) is 0 Å². The molecule has 1 aromatic rings. The van der Waals surface area contributed by atoms with E-state index in [-0.39, 0.29) is 11.7 Å². The Balaban J connectivity index is 1.98. The van der Waals surface area contributed by atoms with Gasteiger partial charge < -0.3 is 15.3 Å². The van der Waals surface area contributed by atoms with E-state index in [1.165, 1.54) is 11.0 Å². The molecule has 1 aliphatic heterocycles. The fraction of sp³-hybridized carbons (Fsp3) is 0.417. The second-order valence-electron chi connectivity index (χ2n) is 4.63. The molecule has 8 heteroatoms. The summed E-state index contributed by atoms with van der Waals surface area (Å²) < 4.78 is 0.658. The lowest BCUT2D eigenvalue weighted by Crippen LogP contribution is -2.34. The summed E-state index contributed by atoms with van der Waals surface area (Å²) in [5.74, 6) is 0. The van der Waals surface area contributed by atoms with Crippen molar-refractivity contribution in [2.75, 3.05) is 13.1 Å². The lowest BCUT2D eigenvalue weighted by molar-refractivity contribution is -0.385. The third-order valence-corrected chi connectivity index (χ3v) is 3.78. The van der Waals surface area contributed by atoms with Crippen LogP contribution in [0.5, 0.6) is 0 Å². The minimum absolute atomic E-state index is 0.0364. The third-order valence-electron chi connectivity index (χ3n) is 3.28. The lowest BCUT2D eigenvalue weighted by atomic mass is 10.1. The van der Waals surface area contributed by atoms with Gasteiger partial charge in [-0.2, -0.15) is 0 Å². The van der Waals surface area contributed by atoms with Crippen molar-refractivity contribution in [1.82, 2.24) is 10.2 Å². The second kappa shape index (κ2) is 6.19. The number of carbonyl (C=O) groups is 1. The van der Waals surface area contributed by atoms with Crippen molar-refractivity contribution < 1.29 is 14.8 Å². The average Bonchev–Trinajstić information content (AvgIpc) is 2.86. The first-order chi connectivity index (χ1) is 9.47. The SMILES string of the molecule is O=C(O)N1CCC(NCc2ccc(Br)cc2[N+](=O)[O-])C1. The Morgan fingerprint density at radius 1 is 1.60 bits per heavy atom. The number of carboxylic acid groups (broad SMARTS) is 1. The molecule has 20 heavy (non-hydrogen) atoms. The number of likely N-dealkylation sites (tertiary alicyclic amines) is 1. The molecule has 1 heterocycles. The molecule has 1 aromatic carbocycles. The maximum Gasteiger partial charge on any atom is 0.407 e. The summed E-state index contributed by atoms with van der Waals surface area (Å²) in [5, 5.41) is 23.0. The van der Waals surface area contributed by atoms with Gasteiger partial charge >= 0.3 is 6.09 Å². The van der Waals surface area contributed by atoms with Crippen molar-refractivity contribution in [3.05, 3.63) is 38.3 Å². The van der Waals surface area contributed by atoms with Crippen LogP contribution in [0.2, 0.25) is 0 Å². The number of hydrogen-bond donors (Lipinski definition) is 2. The third kappa shape index (κ3) is 3.45. The second-order valence-corrected chi connectivity index (χ2v) is 5.54. The van der Waals surface area contributed by atoms with Gasteiger partial charge in [-0.25, -0.2) is 4.79 Å². The van der Waals surface area contributed by atoms with E-state index in [1.54, 1.807) is 12.1 Å². The normalized spacial score (nSPS) is 18.2. The van der Waals surface area contributed by atoms with Crippen LogP contribution in [0.15, 0.2) is 22.7 Å². The molecule has 0 saturated carbocycles. The lowest BCUT2D eigenvalue weighted by Gasteiger charge is -2.14. The van der Waals surface area contributed by atoms with E-state index in [0.717, 1.165) is 6.42 Å². The van der Waals surface area contributed by atoms with Crippen LogP contribution in [0, 0.1) is 10.1 Å². The maximum absolute atomic E-state index is 11.0. The predicted molar refractivity (Wildman–Crippen MR) is 75.6 cm³/mol. The zero-order chi connectivity index (χ0) is 14.7. The van der Waals surface area contributed by atoms with Gasteiger partial charge in [0.2, 0.25) is 0 Å². The Bertz CT molecular complexity index is 537. The van der Waals surface area contributed by atoms with Crippen molar-refractivity contribution in [2.45, 2.75) is 19.0 Å². The summed E-state index contributed by atoms with van der Waals surface area (Å²) in [4.78, 5) is 22.7. The highest BCUT2D eigenvalue weighted by atomic mass is 79.9. The molecule has 0 spiro atoms. The van der Waals surface area contributed by atoms with Crippen LogP contribution in [-0.2, 0) is 6.54 Å². The van der Waals surface area contributed by atoms with Crippen LogP contribution >= 0.6 is 15.9 Å². The molecule has 0 aliphatic carbocycles. The van der Waals surface area contributed by atoms with Crippen LogP contribution in [0.3, 0.4) is 0 Å². The number of hydrogen-bond acceptors (Lipinski definition) is 4. The highest BCUT2D eigenvalue weighted by Gasteiger charge is 2.26. The number of benzene rings is 1. The van der Waals surface area contributed by atoms with Crippen LogP contribution in [0.1, 0.15) is 12.0 Å². The fourth-order valence-electron chi connectivity index (χ4n) is 2.21. The summed E-state index contributed by atoms with van der Waals surface area (Å²) in [6.07, 6.45) is -0.208. The smallest absolute Gasteiger partial charge is 0.407 e. The van der Waals surface area contributed by atoms with Gasteiger partial charge in [0.05, 0.1) is 4.92 Å². The molecule has 1 atom stereocenters. The monoisotopic (exact) mass is 343 g/mol. The first kappa shape index (κ1) is 14.7. The molecular formula is C12H14BrN3O4. The largest absolute Gasteiger partial charge is 0.465 e. The Hall–Kier alpha value is -1.67. The number of nitro groups is 1. The molecule has 0 radical (unpaired) electrons. The van der Waals surface area contributed by atoms with Crippen molar-refractivity contribution in [2.24, 2.45) is 0 Å². The van der Waals surface area contributed by atoms with Gasteiger partial charge in [0.25, 0.3) is 5.69 Å². The molecule has 1 saturated heterocycles. The first-order valence-electron chi connectivity index (χ1n) is 6.11. The molecule has 0 aromatic heterocycles. The number of rotatable bonds is 4. The van der Waals surface area contributed by atoms with Crippen LogP contribution in [0.25, 0.3) is 0 Å². The minimum atomic E-state index is -0.927. The number of nitro benzene ring substituents is 1. The number of halogens is 1. The quantitative estimate of drug-likeness (QED) is 0.645. The standard InChI is InChI=1S/C12H14BrN3O4/c13-9-2-1-8(11(5-9)16(19)20)6-14-10-3-4-15(7-10)12(17)18/h1-2,5,10,14H,3-4,6-7H2,(H,17,18). The molecule has 1 amide bonds. The van der Waals surface area contributed by atoms with E-state index in [9.17, 15) is 14.9 Å². The minimum Gasteiger partial charge on any atom is -0.465 e. The summed E-state index contributed by atoms with van der Waals surface area (Å²) >= 11 is 3.21.